The SMILES string of the molecule is CN1CCN(C2CCc3[nH]n(-c4ccc(Br)cc4)c(=O)c3C2)CC1. The highest BCUT2D eigenvalue weighted by molar-refractivity contribution is 9.10. The van der Waals surface area contributed by atoms with Crippen molar-refractivity contribution in [3.63, 3.8) is 0 Å². The van der Waals surface area contributed by atoms with E-state index in [0.29, 0.717) is 6.04 Å². The number of rotatable bonds is 2. The zero-order valence-corrected chi connectivity index (χ0v) is 15.6. The van der Waals surface area contributed by atoms with E-state index in [1.807, 2.05) is 24.3 Å². The van der Waals surface area contributed by atoms with E-state index < -0.39 is 0 Å². The third kappa shape index (κ3) is 2.98. The number of nitrogens with one attached hydrogen (secondary N) is 1. The first-order valence-electron chi connectivity index (χ1n) is 8.63. The van der Waals surface area contributed by atoms with Gasteiger partial charge in [-0.05, 0) is 50.6 Å². The van der Waals surface area contributed by atoms with E-state index in [1.165, 1.54) is 0 Å². The van der Waals surface area contributed by atoms with Crippen LogP contribution in [0.15, 0.2) is 33.5 Å². The van der Waals surface area contributed by atoms with Gasteiger partial charge in [-0.15, -0.1) is 0 Å². The lowest BCUT2D eigenvalue weighted by molar-refractivity contribution is 0.103. The first-order chi connectivity index (χ1) is 11.6. The summed E-state index contributed by atoms with van der Waals surface area (Å²) < 4.78 is 2.72. The van der Waals surface area contributed by atoms with E-state index in [4.69, 9.17) is 0 Å². The van der Waals surface area contributed by atoms with Gasteiger partial charge in [0.05, 0.1) is 5.69 Å². The molecule has 1 aromatic carbocycles. The second-order valence-corrected chi connectivity index (χ2v) is 7.84. The van der Waals surface area contributed by atoms with Crippen molar-refractivity contribution in [2.75, 3.05) is 33.2 Å². The first-order valence-corrected chi connectivity index (χ1v) is 9.42. The van der Waals surface area contributed by atoms with E-state index in [0.717, 1.165) is 66.9 Å². The molecule has 1 aromatic heterocycles. The molecule has 5 nitrogen and oxygen atoms in total. The molecular formula is C18H23BrN4O. The van der Waals surface area contributed by atoms with E-state index in [2.05, 4.69) is 37.9 Å². The monoisotopic (exact) mass is 390 g/mol. The van der Waals surface area contributed by atoms with E-state index in [9.17, 15) is 4.79 Å². The molecule has 0 amide bonds. The van der Waals surface area contributed by atoms with Crippen LogP contribution in [-0.4, -0.2) is 58.8 Å². The molecular weight excluding hydrogens is 368 g/mol. The van der Waals surface area contributed by atoms with E-state index in [1.54, 1.807) is 4.68 Å². The minimum absolute atomic E-state index is 0.117. The Morgan fingerprint density at radius 2 is 1.83 bits per heavy atom. The summed E-state index contributed by atoms with van der Waals surface area (Å²) in [6.07, 6.45) is 2.97. The smallest absolute Gasteiger partial charge is 0.274 e. The van der Waals surface area contributed by atoms with Crippen molar-refractivity contribution in [3.05, 3.63) is 50.3 Å². The minimum Gasteiger partial charge on any atom is -0.304 e. The number of benzene rings is 1. The fourth-order valence-electron chi connectivity index (χ4n) is 3.85. The summed E-state index contributed by atoms with van der Waals surface area (Å²) >= 11 is 3.44. The van der Waals surface area contributed by atoms with Crippen molar-refractivity contribution >= 4 is 15.9 Å². The fourth-order valence-corrected chi connectivity index (χ4v) is 4.12. The molecule has 4 rings (SSSR count). The highest BCUT2D eigenvalue weighted by Gasteiger charge is 2.29. The Hall–Kier alpha value is -1.37. The van der Waals surface area contributed by atoms with Crippen LogP contribution in [0.4, 0.5) is 0 Å². The average molecular weight is 391 g/mol. The van der Waals surface area contributed by atoms with Gasteiger partial charge in [-0.2, -0.15) is 0 Å². The highest BCUT2D eigenvalue weighted by atomic mass is 79.9. The van der Waals surface area contributed by atoms with E-state index in [-0.39, 0.29) is 5.56 Å². The Balaban J connectivity index is 1.58. The number of hydrogen-bond donors (Lipinski definition) is 1. The summed E-state index contributed by atoms with van der Waals surface area (Å²) in [7, 11) is 2.18. The van der Waals surface area contributed by atoms with Crippen molar-refractivity contribution in [2.45, 2.75) is 25.3 Å². The van der Waals surface area contributed by atoms with Gasteiger partial charge in [0, 0.05) is 48.0 Å². The van der Waals surface area contributed by atoms with Crippen molar-refractivity contribution in [2.24, 2.45) is 0 Å². The quantitative estimate of drug-likeness (QED) is 0.852. The van der Waals surface area contributed by atoms with Gasteiger partial charge in [-0.1, -0.05) is 15.9 Å². The standard InChI is InChI=1S/C18H23BrN4O/c1-21-8-10-22(11-9-21)15-6-7-17-16(12-15)18(24)23(20-17)14-4-2-13(19)3-5-14/h2-5,15,20H,6-12H2,1H3. The fraction of sp³-hybridized carbons (Fsp3) is 0.500. The lowest BCUT2D eigenvalue weighted by Crippen LogP contribution is -2.50. The van der Waals surface area contributed by atoms with Crippen LogP contribution in [0, 0.1) is 0 Å². The largest absolute Gasteiger partial charge is 0.304 e. The third-order valence-corrected chi connectivity index (χ3v) is 5.91. The highest BCUT2D eigenvalue weighted by Crippen LogP contribution is 2.23. The number of aromatic nitrogens is 2. The van der Waals surface area contributed by atoms with Crippen LogP contribution in [0.25, 0.3) is 5.69 Å². The molecule has 0 spiro atoms. The Kier molecular flexibility index (Phi) is 4.37. The number of hydrogen-bond acceptors (Lipinski definition) is 3. The topological polar surface area (TPSA) is 44.3 Å². The lowest BCUT2D eigenvalue weighted by Gasteiger charge is -2.39. The molecule has 24 heavy (non-hydrogen) atoms. The van der Waals surface area contributed by atoms with Gasteiger partial charge in [-0.3, -0.25) is 14.8 Å². The Labute approximate surface area is 150 Å². The van der Waals surface area contributed by atoms with Crippen molar-refractivity contribution in [3.8, 4) is 5.69 Å². The average Bonchev–Trinajstić information content (AvgIpc) is 2.93. The molecule has 1 unspecified atom stereocenters. The van der Waals surface area contributed by atoms with Gasteiger partial charge >= 0.3 is 0 Å². The summed E-state index contributed by atoms with van der Waals surface area (Å²) in [6.45, 7) is 4.48. The van der Waals surface area contributed by atoms with Crippen molar-refractivity contribution in [1.29, 1.82) is 0 Å². The maximum atomic E-state index is 12.9. The number of halogens is 1. The van der Waals surface area contributed by atoms with Gasteiger partial charge in [0.1, 0.15) is 0 Å². The van der Waals surface area contributed by atoms with Crippen LogP contribution in [-0.2, 0) is 12.8 Å². The summed E-state index contributed by atoms with van der Waals surface area (Å²) in [6, 6.07) is 8.37. The van der Waals surface area contributed by atoms with Gasteiger partial charge in [-0.25, -0.2) is 4.68 Å². The molecule has 0 saturated carbocycles. The van der Waals surface area contributed by atoms with E-state index >= 15 is 0 Å². The molecule has 2 aliphatic rings. The zero-order chi connectivity index (χ0) is 16.7. The summed E-state index contributed by atoms with van der Waals surface area (Å²) in [4.78, 5) is 17.8. The molecule has 6 heteroatoms. The molecule has 2 aromatic rings. The minimum atomic E-state index is 0.117. The second kappa shape index (κ2) is 6.50. The predicted octanol–water partition coefficient (Wildman–Crippen LogP) is 2.03. The number of fused-ring (bicyclic) bond motifs is 1. The molecule has 1 fully saturated rings. The first kappa shape index (κ1) is 16.1. The number of likely N-dealkylation sites (N-methyl/N-ethyl adjacent to an activating group) is 1. The maximum absolute atomic E-state index is 12.9. The summed E-state index contributed by atoms with van der Waals surface area (Å²) in [5.41, 5.74) is 3.11. The number of piperazine rings is 1. The third-order valence-electron chi connectivity index (χ3n) is 5.38. The molecule has 0 radical (unpaired) electrons. The van der Waals surface area contributed by atoms with Crippen molar-refractivity contribution in [1.82, 2.24) is 19.6 Å². The van der Waals surface area contributed by atoms with Gasteiger partial charge < -0.3 is 4.90 Å². The second-order valence-electron chi connectivity index (χ2n) is 6.92. The number of aryl methyl sites for hydroxylation is 1. The molecule has 1 N–H and O–H groups in total. The molecule has 1 aliphatic heterocycles. The van der Waals surface area contributed by atoms with Gasteiger partial charge in [0.2, 0.25) is 0 Å². The summed E-state index contributed by atoms with van der Waals surface area (Å²) in [5.74, 6) is 0. The van der Waals surface area contributed by atoms with Crippen LogP contribution >= 0.6 is 15.9 Å². The van der Waals surface area contributed by atoms with Crippen LogP contribution in [0.5, 0.6) is 0 Å². The molecule has 1 aliphatic carbocycles. The molecule has 128 valence electrons. The molecule has 2 heterocycles. The number of H-pyrrole nitrogens is 1. The Morgan fingerprint density at radius 1 is 1.12 bits per heavy atom. The van der Waals surface area contributed by atoms with Crippen LogP contribution in [0.2, 0.25) is 0 Å². The molecule has 1 saturated heterocycles. The van der Waals surface area contributed by atoms with Crippen molar-refractivity contribution < 1.29 is 0 Å². The summed E-state index contributed by atoms with van der Waals surface area (Å²) in [5, 5.41) is 3.33. The van der Waals surface area contributed by atoms with Crippen LogP contribution < -0.4 is 5.56 Å². The number of nitrogens with zero attached hydrogens (tertiary/aromatic N) is 3. The predicted molar refractivity (Wildman–Crippen MR) is 99.0 cm³/mol. The van der Waals surface area contributed by atoms with Gasteiger partial charge in [0.25, 0.3) is 5.56 Å². The van der Waals surface area contributed by atoms with Crippen LogP contribution in [0.3, 0.4) is 0 Å². The maximum Gasteiger partial charge on any atom is 0.274 e. The number of aromatic amines is 1. The normalized spacial score (nSPS) is 22.5. The Morgan fingerprint density at radius 3 is 2.54 bits per heavy atom. The lowest BCUT2D eigenvalue weighted by atomic mass is 9.92. The zero-order valence-electron chi connectivity index (χ0n) is 14.0. The van der Waals surface area contributed by atoms with Crippen LogP contribution in [0.1, 0.15) is 17.7 Å². The molecule has 0 bridgehead atoms. The molecule has 1 atom stereocenters. The van der Waals surface area contributed by atoms with Gasteiger partial charge in [0.15, 0.2) is 0 Å². The Bertz CT molecular complexity index is 771.